The zero-order valence-corrected chi connectivity index (χ0v) is 10.6. The lowest BCUT2D eigenvalue weighted by Crippen LogP contribution is -2.37. The van der Waals surface area contributed by atoms with Gasteiger partial charge in [-0.25, -0.2) is 0 Å². The second kappa shape index (κ2) is 4.80. The Morgan fingerprint density at radius 1 is 1.13 bits per heavy atom. The minimum atomic E-state index is 0.169. The van der Waals surface area contributed by atoms with Gasteiger partial charge < -0.3 is 5.32 Å². The highest BCUT2D eigenvalue weighted by atomic mass is 15.0. The first-order valence-electron chi connectivity index (χ1n) is 5.79. The molecule has 0 saturated heterocycles. The van der Waals surface area contributed by atoms with Crippen molar-refractivity contribution in [1.29, 1.82) is 0 Å². The van der Waals surface area contributed by atoms with Crippen molar-refractivity contribution in [2.45, 2.75) is 52.6 Å². The molecule has 0 aliphatic rings. The van der Waals surface area contributed by atoms with Gasteiger partial charge in [0.05, 0.1) is 0 Å². The van der Waals surface area contributed by atoms with Crippen molar-refractivity contribution < 1.29 is 0 Å². The number of nitrogens with one attached hydrogen (secondary N) is 1. The predicted molar refractivity (Wildman–Crippen MR) is 67.1 cm³/mol. The fourth-order valence-corrected chi connectivity index (χ4v) is 1.77. The minimum absolute atomic E-state index is 0.169. The van der Waals surface area contributed by atoms with Crippen LogP contribution in [0.15, 0.2) is 24.3 Å². The molecule has 1 nitrogen and oxygen atoms in total. The Labute approximate surface area is 93.9 Å². The second-order valence-electron chi connectivity index (χ2n) is 5.21. The van der Waals surface area contributed by atoms with E-state index in [9.17, 15) is 0 Å². The van der Waals surface area contributed by atoms with Crippen molar-refractivity contribution in [3.63, 3.8) is 0 Å². The molecule has 0 bridgehead atoms. The Hall–Kier alpha value is -0.820. The van der Waals surface area contributed by atoms with Gasteiger partial charge in [-0.05, 0) is 45.2 Å². The van der Waals surface area contributed by atoms with Crippen molar-refractivity contribution in [3.8, 4) is 0 Å². The Kier molecular flexibility index (Phi) is 3.92. The van der Waals surface area contributed by atoms with E-state index in [1.807, 2.05) is 0 Å². The molecule has 1 atom stereocenters. The lowest BCUT2D eigenvalue weighted by molar-refractivity contribution is 0.378. The molecular weight excluding hydrogens is 182 g/mol. The maximum absolute atomic E-state index is 3.57. The fraction of sp³-hybridized carbons (Fsp3) is 0.571. The summed E-state index contributed by atoms with van der Waals surface area (Å²) in [7, 11) is 0. The number of benzene rings is 1. The van der Waals surface area contributed by atoms with Crippen molar-refractivity contribution in [3.05, 3.63) is 35.4 Å². The summed E-state index contributed by atoms with van der Waals surface area (Å²) in [5.41, 5.74) is 2.94. The first-order chi connectivity index (χ1) is 6.92. The third-order valence-corrected chi connectivity index (χ3v) is 2.54. The zero-order valence-electron chi connectivity index (χ0n) is 10.6. The van der Waals surface area contributed by atoms with E-state index in [-0.39, 0.29) is 5.54 Å². The van der Waals surface area contributed by atoms with Crippen LogP contribution in [0.4, 0.5) is 0 Å². The summed E-state index contributed by atoms with van der Waals surface area (Å²) in [5, 5.41) is 3.57. The SMILES string of the molecule is CCc1ccc([C@H](C)NC(C)(C)C)cc1. The monoisotopic (exact) mass is 205 g/mol. The molecule has 15 heavy (non-hydrogen) atoms. The third-order valence-electron chi connectivity index (χ3n) is 2.54. The summed E-state index contributed by atoms with van der Waals surface area (Å²) in [6, 6.07) is 9.30. The van der Waals surface area contributed by atoms with Crippen LogP contribution >= 0.6 is 0 Å². The van der Waals surface area contributed by atoms with Crippen molar-refractivity contribution in [2.75, 3.05) is 0 Å². The fourth-order valence-electron chi connectivity index (χ4n) is 1.77. The molecule has 0 aliphatic carbocycles. The summed E-state index contributed by atoms with van der Waals surface area (Å²) in [6.07, 6.45) is 1.11. The van der Waals surface area contributed by atoms with Gasteiger partial charge in [0.25, 0.3) is 0 Å². The molecule has 1 aromatic carbocycles. The third kappa shape index (κ3) is 4.05. The molecule has 0 heterocycles. The van der Waals surface area contributed by atoms with Crippen LogP contribution in [0, 0.1) is 0 Å². The number of hydrogen-bond donors (Lipinski definition) is 1. The zero-order chi connectivity index (χ0) is 11.5. The summed E-state index contributed by atoms with van der Waals surface area (Å²) < 4.78 is 0. The van der Waals surface area contributed by atoms with Crippen LogP contribution in [-0.4, -0.2) is 5.54 Å². The van der Waals surface area contributed by atoms with Crippen LogP contribution in [0.2, 0.25) is 0 Å². The first kappa shape index (κ1) is 12.3. The molecule has 1 aromatic rings. The molecule has 0 amide bonds. The van der Waals surface area contributed by atoms with E-state index >= 15 is 0 Å². The van der Waals surface area contributed by atoms with E-state index in [0.717, 1.165) is 6.42 Å². The minimum Gasteiger partial charge on any atom is -0.306 e. The van der Waals surface area contributed by atoms with Crippen LogP contribution in [0.3, 0.4) is 0 Å². The quantitative estimate of drug-likeness (QED) is 0.793. The predicted octanol–water partition coefficient (Wildman–Crippen LogP) is 3.70. The van der Waals surface area contributed by atoms with Crippen molar-refractivity contribution in [2.24, 2.45) is 0 Å². The Morgan fingerprint density at radius 3 is 2.07 bits per heavy atom. The molecule has 0 unspecified atom stereocenters. The normalized spacial score (nSPS) is 13.9. The number of rotatable bonds is 3. The molecule has 0 saturated carbocycles. The van der Waals surface area contributed by atoms with E-state index in [1.54, 1.807) is 0 Å². The molecule has 1 heteroatoms. The maximum atomic E-state index is 3.57. The highest BCUT2D eigenvalue weighted by Gasteiger charge is 2.14. The van der Waals surface area contributed by atoms with Gasteiger partial charge in [-0.2, -0.15) is 0 Å². The Bertz CT molecular complexity index is 292. The molecule has 1 rings (SSSR count). The summed E-state index contributed by atoms with van der Waals surface area (Å²) in [4.78, 5) is 0. The van der Waals surface area contributed by atoms with Gasteiger partial charge in [0.2, 0.25) is 0 Å². The first-order valence-corrected chi connectivity index (χ1v) is 5.79. The number of aryl methyl sites for hydroxylation is 1. The van der Waals surface area contributed by atoms with Crippen molar-refractivity contribution >= 4 is 0 Å². The van der Waals surface area contributed by atoms with Gasteiger partial charge in [-0.15, -0.1) is 0 Å². The van der Waals surface area contributed by atoms with Crippen LogP contribution in [0.5, 0.6) is 0 Å². The Balaban J connectivity index is 2.70. The van der Waals surface area contributed by atoms with Gasteiger partial charge in [-0.1, -0.05) is 31.2 Å². The summed E-state index contributed by atoms with van der Waals surface area (Å²) >= 11 is 0. The molecule has 84 valence electrons. The average Bonchev–Trinajstić information content (AvgIpc) is 2.15. The molecule has 0 fully saturated rings. The van der Waals surface area contributed by atoms with E-state index in [0.29, 0.717) is 6.04 Å². The molecule has 0 aliphatic heterocycles. The van der Waals surface area contributed by atoms with E-state index in [4.69, 9.17) is 0 Å². The van der Waals surface area contributed by atoms with Crippen LogP contribution < -0.4 is 5.32 Å². The van der Waals surface area contributed by atoms with Crippen LogP contribution in [0.1, 0.15) is 51.8 Å². The largest absolute Gasteiger partial charge is 0.306 e. The van der Waals surface area contributed by atoms with Gasteiger partial charge in [0, 0.05) is 11.6 Å². The molecule has 1 N–H and O–H groups in total. The second-order valence-corrected chi connectivity index (χ2v) is 5.21. The van der Waals surface area contributed by atoms with Gasteiger partial charge in [-0.3, -0.25) is 0 Å². The highest BCUT2D eigenvalue weighted by Crippen LogP contribution is 2.16. The van der Waals surface area contributed by atoms with E-state index in [1.165, 1.54) is 11.1 Å². The highest BCUT2D eigenvalue weighted by molar-refractivity contribution is 5.24. The summed E-state index contributed by atoms with van der Waals surface area (Å²) in [5.74, 6) is 0. The molecule has 0 aromatic heterocycles. The summed E-state index contributed by atoms with van der Waals surface area (Å²) in [6.45, 7) is 11.0. The molecule has 0 spiro atoms. The topological polar surface area (TPSA) is 12.0 Å². The van der Waals surface area contributed by atoms with Gasteiger partial charge in [0.1, 0.15) is 0 Å². The van der Waals surface area contributed by atoms with Gasteiger partial charge >= 0.3 is 0 Å². The molecule has 0 radical (unpaired) electrons. The van der Waals surface area contributed by atoms with Crippen LogP contribution in [0.25, 0.3) is 0 Å². The van der Waals surface area contributed by atoms with E-state index in [2.05, 4.69) is 64.2 Å². The lowest BCUT2D eigenvalue weighted by Gasteiger charge is -2.26. The molecular formula is C14H23N. The smallest absolute Gasteiger partial charge is 0.0296 e. The number of hydrogen-bond acceptors (Lipinski definition) is 1. The lowest BCUT2D eigenvalue weighted by atomic mass is 10.0. The Morgan fingerprint density at radius 2 is 1.67 bits per heavy atom. The average molecular weight is 205 g/mol. The van der Waals surface area contributed by atoms with Crippen molar-refractivity contribution in [1.82, 2.24) is 5.32 Å². The van der Waals surface area contributed by atoms with E-state index < -0.39 is 0 Å². The standard InChI is InChI=1S/C14H23N/c1-6-12-7-9-13(10-8-12)11(2)15-14(3,4)5/h7-11,15H,6H2,1-5H3/t11-/m0/s1. The van der Waals surface area contributed by atoms with Crippen LogP contribution in [-0.2, 0) is 6.42 Å². The van der Waals surface area contributed by atoms with Gasteiger partial charge in [0.15, 0.2) is 0 Å². The maximum Gasteiger partial charge on any atom is 0.0296 e.